The van der Waals surface area contributed by atoms with Gasteiger partial charge in [0, 0.05) is 37.5 Å². The highest BCUT2D eigenvalue weighted by molar-refractivity contribution is 5.92. The van der Waals surface area contributed by atoms with Crippen LogP contribution in [0.4, 0.5) is 5.82 Å². The van der Waals surface area contributed by atoms with Crippen molar-refractivity contribution in [1.29, 1.82) is 5.26 Å². The molecule has 3 rings (SSSR count). The summed E-state index contributed by atoms with van der Waals surface area (Å²) in [5.41, 5.74) is 0.609. The van der Waals surface area contributed by atoms with Gasteiger partial charge in [0.15, 0.2) is 11.5 Å². The maximum absolute atomic E-state index is 11.5. The van der Waals surface area contributed by atoms with Crippen LogP contribution in [0.3, 0.4) is 0 Å². The Balaban J connectivity index is 1.94. The van der Waals surface area contributed by atoms with Gasteiger partial charge in [-0.15, -0.1) is 0 Å². The number of carbonyl (C=O) groups excluding carboxylic acids is 1. The van der Waals surface area contributed by atoms with Gasteiger partial charge in [-0.25, -0.2) is 9.97 Å². The molecule has 1 amide bonds. The Morgan fingerprint density at radius 1 is 1.23 bits per heavy atom. The van der Waals surface area contributed by atoms with E-state index in [1.165, 1.54) is 0 Å². The van der Waals surface area contributed by atoms with Gasteiger partial charge < -0.3 is 19.7 Å². The van der Waals surface area contributed by atoms with Gasteiger partial charge in [-0.1, -0.05) is 0 Å². The first-order valence-corrected chi connectivity index (χ1v) is 8.41. The first-order valence-electron chi connectivity index (χ1n) is 8.41. The number of likely N-dealkylation sites (tertiary alicyclic amines) is 1. The second-order valence-corrected chi connectivity index (χ2v) is 6.16. The standard InChI is InChI=1S/C18H21N5O3/c1-11(24)23-6-4-12(5-7-23)20-18-13-8-15(25-2)16(26-3)9-14(13)21-17(10-19)22-18/h8-9,12H,4-7H2,1-3H3,(H,20,21,22). The molecule has 1 N–H and O–H groups in total. The minimum atomic E-state index is 0.0911. The van der Waals surface area contributed by atoms with Crippen LogP contribution in [0.5, 0.6) is 11.5 Å². The predicted molar refractivity (Wildman–Crippen MR) is 96.3 cm³/mol. The number of nitriles is 1. The van der Waals surface area contributed by atoms with E-state index < -0.39 is 0 Å². The second kappa shape index (κ2) is 7.44. The maximum atomic E-state index is 11.5. The molecule has 0 saturated carbocycles. The number of piperidine rings is 1. The van der Waals surface area contributed by atoms with Gasteiger partial charge in [0.1, 0.15) is 11.9 Å². The van der Waals surface area contributed by atoms with Gasteiger partial charge in [-0.05, 0) is 18.9 Å². The Morgan fingerprint density at radius 3 is 2.46 bits per heavy atom. The van der Waals surface area contributed by atoms with Gasteiger partial charge in [0.2, 0.25) is 11.7 Å². The fraction of sp³-hybridized carbons (Fsp3) is 0.444. The number of carbonyl (C=O) groups is 1. The largest absolute Gasteiger partial charge is 0.493 e. The van der Waals surface area contributed by atoms with Gasteiger partial charge in [0.05, 0.1) is 19.7 Å². The first-order chi connectivity index (χ1) is 12.5. The van der Waals surface area contributed by atoms with E-state index in [0.717, 1.165) is 18.2 Å². The zero-order valence-electron chi connectivity index (χ0n) is 15.1. The van der Waals surface area contributed by atoms with Crippen LogP contribution in [0.2, 0.25) is 0 Å². The van der Waals surface area contributed by atoms with Crippen molar-refractivity contribution in [3.05, 3.63) is 18.0 Å². The lowest BCUT2D eigenvalue weighted by Gasteiger charge is -2.32. The average Bonchev–Trinajstić information content (AvgIpc) is 2.67. The molecule has 0 aliphatic carbocycles. The molecule has 1 aromatic heterocycles. The maximum Gasteiger partial charge on any atom is 0.234 e. The summed E-state index contributed by atoms with van der Waals surface area (Å²) in [6.07, 6.45) is 1.64. The molecule has 136 valence electrons. The number of fused-ring (bicyclic) bond motifs is 1. The smallest absolute Gasteiger partial charge is 0.234 e. The van der Waals surface area contributed by atoms with Crippen molar-refractivity contribution in [2.24, 2.45) is 0 Å². The van der Waals surface area contributed by atoms with Crippen LogP contribution in [-0.2, 0) is 4.79 Å². The Labute approximate surface area is 151 Å². The quantitative estimate of drug-likeness (QED) is 0.894. The molecule has 0 spiro atoms. The molecule has 0 atom stereocenters. The lowest BCUT2D eigenvalue weighted by atomic mass is 10.0. The number of rotatable bonds is 4. The summed E-state index contributed by atoms with van der Waals surface area (Å²) in [6, 6.07) is 5.71. The predicted octanol–water partition coefficient (Wildman–Crippen LogP) is 1.94. The average molecular weight is 355 g/mol. The normalized spacial score (nSPS) is 14.8. The lowest BCUT2D eigenvalue weighted by molar-refractivity contribution is -0.129. The zero-order valence-corrected chi connectivity index (χ0v) is 15.1. The molecular formula is C18H21N5O3. The number of nitrogens with one attached hydrogen (secondary N) is 1. The Kier molecular flexibility index (Phi) is 5.07. The first kappa shape index (κ1) is 17.7. The van der Waals surface area contributed by atoms with E-state index in [9.17, 15) is 10.1 Å². The van der Waals surface area contributed by atoms with Crippen molar-refractivity contribution < 1.29 is 14.3 Å². The van der Waals surface area contributed by atoms with Crippen LogP contribution in [0.25, 0.3) is 10.9 Å². The molecule has 1 aliphatic heterocycles. The number of anilines is 1. The van der Waals surface area contributed by atoms with Crippen LogP contribution >= 0.6 is 0 Å². The van der Waals surface area contributed by atoms with Crippen LogP contribution < -0.4 is 14.8 Å². The minimum Gasteiger partial charge on any atom is -0.493 e. The molecule has 0 unspecified atom stereocenters. The van der Waals surface area contributed by atoms with Crippen molar-refractivity contribution in [2.45, 2.75) is 25.8 Å². The molecule has 8 heteroatoms. The van der Waals surface area contributed by atoms with Crippen molar-refractivity contribution in [2.75, 3.05) is 32.6 Å². The molecule has 1 aliphatic rings. The third kappa shape index (κ3) is 3.47. The molecule has 0 bridgehead atoms. The molecule has 1 saturated heterocycles. The van der Waals surface area contributed by atoms with Crippen molar-refractivity contribution in [1.82, 2.24) is 14.9 Å². The van der Waals surface area contributed by atoms with Crippen LogP contribution in [0, 0.1) is 11.3 Å². The van der Waals surface area contributed by atoms with Crippen molar-refractivity contribution >= 4 is 22.6 Å². The summed E-state index contributed by atoms with van der Waals surface area (Å²) in [5.74, 6) is 1.90. The summed E-state index contributed by atoms with van der Waals surface area (Å²) in [7, 11) is 3.12. The highest BCUT2D eigenvalue weighted by Gasteiger charge is 2.22. The number of aromatic nitrogens is 2. The fourth-order valence-electron chi connectivity index (χ4n) is 3.15. The molecule has 26 heavy (non-hydrogen) atoms. The fourth-order valence-corrected chi connectivity index (χ4v) is 3.15. The summed E-state index contributed by atoms with van der Waals surface area (Å²) in [5, 5.41) is 13.4. The van der Waals surface area contributed by atoms with Crippen LogP contribution in [-0.4, -0.2) is 54.1 Å². The molecule has 2 aromatic rings. The van der Waals surface area contributed by atoms with E-state index in [4.69, 9.17) is 9.47 Å². The SMILES string of the molecule is COc1cc2nc(C#N)nc(NC3CCN(C(C)=O)CC3)c2cc1OC. The van der Waals surface area contributed by atoms with E-state index in [1.807, 2.05) is 17.0 Å². The molecular weight excluding hydrogens is 334 g/mol. The number of nitrogens with zero attached hydrogens (tertiary/aromatic N) is 4. The van der Waals surface area contributed by atoms with Crippen molar-refractivity contribution in [3.63, 3.8) is 0 Å². The Hall–Kier alpha value is -3.08. The van der Waals surface area contributed by atoms with Gasteiger partial charge in [0.25, 0.3) is 0 Å². The van der Waals surface area contributed by atoms with Crippen LogP contribution in [0.15, 0.2) is 12.1 Å². The van der Waals surface area contributed by atoms with Gasteiger partial charge >= 0.3 is 0 Å². The number of amides is 1. The highest BCUT2D eigenvalue weighted by Crippen LogP contribution is 2.34. The number of ether oxygens (including phenoxy) is 2. The number of hydrogen-bond acceptors (Lipinski definition) is 7. The summed E-state index contributed by atoms with van der Waals surface area (Å²) in [6.45, 7) is 3.00. The zero-order chi connectivity index (χ0) is 18.7. The lowest BCUT2D eigenvalue weighted by Crippen LogP contribution is -2.41. The molecule has 1 fully saturated rings. The summed E-state index contributed by atoms with van der Waals surface area (Å²) in [4.78, 5) is 21.9. The van der Waals surface area contributed by atoms with E-state index >= 15 is 0 Å². The number of benzene rings is 1. The topological polar surface area (TPSA) is 100 Å². The van der Waals surface area contributed by atoms with Gasteiger partial charge in [-0.3, -0.25) is 4.79 Å². The van der Waals surface area contributed by atoms with Crippen LogP contribution in [0.1, 0.15) is 25.6 Å². The Morgan fingerprint density at radius 2 is 1.88 bits per heavy atom. The monoisotopic (exact) mass is 355 g/mol. The van der Waals surface area contributed by atoms with Gasteiger partial charge in [-0.2, -0.15) is 5.26 Å². The highest BCUT2D eigenvalue weighted by atomic mass is 16.5. The van der Waals surface area contributed by atoms with E-state index in [2.05, 4.69) is 15.3 Å². The third-order valence-electron chi connectivity index (χ3n) is 4.58. The second-order valence-electron chi connectivity index (χ2n) is 6.16. The minimum absolute atomic E-state index is 0.0911. The Bertz CT molecular complexity index is 869. The number of methoxy groups -OCH3 is 2. The van der Waals surface area contributed by atoms with E-state index in [0.29, 0.717) is 35.9 Å². The summed E-state index contributed by atoms with van der Waals surface area (Å²) < 4.78 is 10.7. The molecule has 1 aromatic carbocycles. The van der Waals surface area contributed by atoms with E-state index in [-0.39, 0.29) is 17.8 Å². The summed E-state index contributed by atoms with van der Waals surface area (Å²) >= 11 is 0. The van der Waals surface area contributed by atoms with E-state index in [1.54, 1.807) is 27.2 Å². The number of hydrogen-bond donors (Lipinski definition) is 1. The molecule has 8 nitrogen and oxygen atoms in total. The molecule has 0 radical (unpaired) electrons. The van der Waals surface area contributed by atoms with Crippen molar-refractivity contribution in [3.8, 4) is 17.6 Å². The molecule has 2 heterocycles. The third-order valence-corrected chi connectivity index (χ3v) is 4.58.